The zero-order chi connectivity index (χ0) is 16.8. The first-order valence-electron chi connectivity index (χ1n) is 8.56. The third kappa shape index (κ3) is 4.75. The molecule has 1 fully saturated rings. The first-order chi connectivity index (χ1) is 11.7. The molecule has 4 heteroatoms. The zero-order valence-corrected chi connectivity index (χ0v) is 14.0. The normalized spacial score (nSPS) is 14.4. The minimum absolute atomic E-state index is 0.208. The van der Waals surface area contributed by atoms with Gasteiger partial charge in [0.05, 0.1) is 6.10 Å². The lowest BCUT2D eigenvalue weighted by molar-refractivity contribution is 0.210. The Bertz CT molecular complexity index is 659. The Labute approximate surface area is 143 Å². The molecule has 0 spiro atoms. The first-order valence-corrected chi connectivity index (χ1v) is 8.56. The number of benzene rings is 2. The van der Waals surface area contributed by atoms with E-state index in [0.717, 1.165) is 29.8 Å². The number of amides is 2. The Morgan fingerprint density at radius 1 is 1.04 bits per heavy atom. The number of ether oxygens (including phenoxy) is 1. The highest BCUT2D eigenvalue weighted by molar-refractivity contribution is 5.89. The smallest absolute Gasteiger partial charge is 0.319 e. The number of anilines is 1. The van der Waals surface area contributed by atoms with Gasteiger partial charge < -0.3 is 15.4 Å². The molecule has 1 aliphatic rings. The van der Waals surface area contributed by atoms with E-state index in [1.54, 1.807) is 0 Å². The van der Waals surface area contributed by atoms with Crippen LogP contribution in [0.2, 0.25) is 0 Å². The third-order valence-corrected chi connectivity index (χ3v) is 4.29. The Balaban J connectivity index is 1.46. The van der Waals surface area contributed by atoms with E-state index in [-0.39, 0.29) is 6.03 Å². The lowest BCUT2D eigenvalue weighted by Gasteiger charge is -2.13. The molecule has 2 amide bonds. The monoisotopic (exact) mass is 324 g/mol. The summed E-state index contributed by atoms with van der Waals surface area (Å²) in [5.74, 6) is 0.868. The van der Waals surface area contributed by atoms with Crippen molar-refractivity contribution in [3.05, 3.63) is 59.7 Å². The molecule has 4 nitrogen and oxygen atoms in total. The maximum absolute atomic E-state index is 12.0. The molecule has 2 N–H and O–H groups in total. The van der Waals surface area contributed by atoms with Crippen LogP contribution in [-0.4, -0.2) is 12.1 Å². The molecule has 2 aromatic carbocycles. The van der Waals surface area contributed by atoms with Crippen molar-refractivity contribution in [3.63, 3.8) is 0 Å². The summed E-state index contributed by atoms with van der Waals surface area (Å²) in [5, 5.41) is 5.70. The van der Waals surface area contributed by atoms with Crippen LogP contribution in [0.15, 0.2) is 48.5 Å². The number of rotatable bonds is 5. The molecular weight excluding hydrogens is 300 g/mol. The van der Waals surface area contributed by atoms with Crippen LogP contribution in [0.1, 0.15) is 36.8 Å². The minimum Gasteiger partial charge on any atom is -0.490 e. The Morgan fingerprint density at radius 2 is 1.71 bits per heavy atom. The number of nitrogens with one attached hydrogen (secondary N) is 2. The van der Waals surface area contributed by atoms with E-state index in [2.05, 4.69) is 10.6 Å². The van der Waals surface area contributed by atoms with Crippen LogP contribution in [0.3, 0.4) is 0 Å². The summed E-state index contributed by atoms with van der Waals surface area (Å²) in [6.45, 7) is 2.55. The van der Waals surface area contributed by atoms with E-state index >= 15 is 0 Å². The van der Waals surface area contributed by atoms with Crippen LogP contribution in [-0.2, 0) is 6.54 Å². The predicted molar refractivity (Wildman–Crippen MR) is 96.4 cm³/mol. The highest BCUT2D eigenvalue weighted by Gasteiger charge is 2.16. The molecule has 126 valence electrons. The molecule has 0 atom stereocenters. The summed E-state index contributed by atoms with van der Waals surface area (Å²) in [4.78, 5) is 12.0. The van der Waals surface area contributed by atoms with Crippen molar-refractivity contribution in [1.82, 2.24) is 5.32 Å². The number of hydrogen-bond acceptors (Lipinski definition) is 2. The van der Waals surface area contributed by atoms with E-state index in [1.807, 2.05) is 55.5 Å². The molecule has 0 unspecified atom stereocenters. The van der Waals surface area contributed by atoms with Crippen molar-refractivity contribution in [2.45, 2.75) is 45.3 Å². The molecule has 3 rings (SSSR count). The van der Waals surface area contributed by atoms with Crippen molar-refractivity contribution < 1.29 is 9.53 Å². The van der Waals surface area contributed by atoms with Crippen molar-refractivity contribution in [1.29, 1.82) is 0 Å². The Hall–Kier alpha value is -2.49. The molecule has 0 radical (unpaired) electrons. The standard InChI is InChI=1S/C20H24N2O2/c1-15-6-8-16(9-7-15)14-21-20(23)22-17-10-12-19(13-11-17)24-18-4-2-3-5-18/h6-13,18H,2-5,14H2,1H3,(H2,21,22,23). The second-order valence-corrected chi connectivity index (χ2v) is 6.34. The summed E-state index contributed by atoms with van der Waals surface area (Å²) >= 11 is 0. The van der Waals surface area contributed by atoms with E-state index in [9.17, 15) is 4.79 Å². The van der Waals surface area contributed by atoms with E-state index in [0.29, 0.717) is 12.6 Å². The van der Waals surface area contributed by atoms with Gasteiger partial charge in [-0.2, -0.15) is 0 Å². The van der Waals surface area contributed by atoms with Crippen LogP contribution in [0.4, 0.5) is 10.5 Å². The highest BCUT2D eigenvalue weighted by atomic mass is 16.5. The molecule has 0 bridgehead atoms. The number of hydrogen-bond donors (Lipinski definition) is 2. The van der Waals surface area contributed by atoms with Gasteiger partial charge >= 0.3 is 6.03 Å². The maximum Gasteiger partial charge on any atom is 0.319 e. The summed E-state index contributed by atoms with van der Waals surface area (Å²) in [5.41, 5.74) is 3.05. The van der Waals surface area contributed by atoms with Gasteiger partial charge in [0.25, 0.3) is 0 Å². The molecule has 0 aliphatic heterocycles. The predicted octanol–water partition coefficient (Wildman–Crippen LogP) is 4.64. The Kier molecular flexibility index (Phi) is 5.36. The van der Waals surface area contributed by atoms with Gasteiger partial charge in [-0.25, -0.2) is 4.79 Å². The molecular formula is C20H24N2O2. The average molecular weight is 324 g/mol. The number of aryl methyl sites for hydroxylation is 1. The maximum atomic E-state index is 12.0. The molecule has 1 saturated carbocycles. The van der Waals surface area contributed by atoms with Crippen molar-refractivity contribution in [2.24, 2.45) is 0 Å². The molecule has 0 aromatic heterocycles. The number of urea groups is 1. The van der Waals surface area contributed by atoms with Gasteiger partial charge in [-0.1, -0.05) is 29.8 Å². The molecule has 0 heterocycles. The van der Waals surface area contributed by atoms with E-state index in [4.69, 9.17) is 4.74 Å². The van der Waals surface area contributed by atoms with Crippen molar-refractivity contribution in [3.8, 4) is 5.75 Å². The summed E-state index contributed by atoms with van der Waals surface area (Å²) in [6.07, 6.45) is 5.14. The lowest BCUT2D eigenvalue weighted by atomic mass is 10.1. The number of carbonyl (C=O) groups is 1. The van der Waals surface area contributed by atoms with Crippen LogP contribution < -0.4 is 15.4 Å². The zero-order valence-electron chi connectivity index (χ0n) is 14.0. The fourth-order valence-corrected chi connectivity index (χ4v) is 2.88. The molecule has 0 saturated heterocycles. The summed E-state index contributed by atoms with van der Waals surface area (Å²) < 4.78 is 5.92. The fraction of sp³-hybridized carbons (Fsp3) is 0.350. The average Bonchev–Trinajstić information content (AvgIpc) is 3.09. The van der Waals surface area contributed by atoms with Gasteiger partial charge in [0.1, 0.15) is 5.75 Å². The van der Waals surface area contributed by atoms with Crippen LogP contribution in [0.25, 0.3) is 0 Å². The lowest BCUT2D eigenvalue weighted by Crippen LogP contribution is -2.28. The molecule has 2 aromatic rings. The van der Waals surface area contributed by atoms with Crippen molar-refractivity contribution in [2.75, 3.05) is 5.32 Å². The first kappa shape index (κ1) is 16.4. The topological polar surface area (TPSA) is 50.4 Å². The SMILES string of the molecule is Cc1ccc(CNC(=O)Nc2ccc(OC3CCCC3)cc2)cc1. The van der Waals surface area contributed by atoms with Crippen LogP contribution in [0, 0.1) is 6.92 Å². The van der Waals surface area contributed by atoms with Crippen LogP contribution >= 0.6 is 0 Å². The van der Waals surface area contributed by atoms with Gasteiger partial charge in [-0.05, 0) is 62.4 Å². The van der Waals surface area contributed by atoms with Gasteiger partial charge in [0.2, 0.25) is 0 Å². The summed E-state index contributed by atoms with van der Waals surface area (Å²) in [6, 6.07) is 15.5. The van der Waals surface area contributed by atoms with Gasteiger partial charge in [-0.15, -0.1) is 0 Å². The number of carbonyl (C=O) groups excluding carboxylic acids is 1. The van der Waals surface area contributed by atoms with Crippen LogP contribution in [0.5, 0.6) is 5.75 Å². The second-order valence-electron chi connectivity index (χ2n) is 6.34. The quantitative estimate of drug-likeness (QED) is 0.842. The largest absolute Gasteiger partial charge is 0.490 e. The minimum atomic E-state index is -0.208. The summed E-state index contributed by atoms with van der Waals surface area (Å²) in [7, 11) is 0. The Morgan fingerprint density at radius 3 is 2.38 bits per heavy atom. The fourth-order valence-electron chi connectivity index (χ4n) is 2.88. The second kappa shape index (κ2) is 7.86. The van der Waals surface area contributed by atoms with Gasteiger partial charge in [-0.3, -0.25) is 0 Å². The molecule has 24 heavy (non-hydrogen) atoms. The van der Waals surface area contributed by atoms with Crippen molar-refractivity contribution >= 4 is 11.7 Å². The molecule has 1 aliphatic carbocycles. The highest BCUT2D eigenvalue weighted by Crippen LogP contribution is 2.24. The van der Waals surface area contributed by atoms with E-state index in [1.165, 1.54) is 18.4 Å². The van der Waals surface area contributed by atoms with E-state index < -0.39 is 0 Å². The van der Waals surface area contributed by atoms with Gasteiger partial charge in [0.15, 0.2) is 0 Å². The third-order valence-electron chi connectivity index (χ3n) is 4.29. The van der Waals surface area contributed by atoms with Gasteiger partial charge in [0, 0.05) is 12.2 Å².